The summed E-state index contributed by atoms with van der Waals surface area (Å²) in [6, 6.07) is 4.97. The molecule has 0 aromatic heterocycles. The summed E-state index contributed by atoms with van der Waals surface area (Å²) in [5.74, 6) is -1.00. The minimum absolute atomic E-state index is 0.138. The van der Waals surface area contributed by atoms with Crippen molar-refractivity contribution in [2.45, 2.75) is 6.92 Å². The van der Waals surface area contributed by atoms with Crippen LogP contribution in [0, 0.1) is 0 Å². The van der Waals surface area contributed by atoms with Gasteiger partial charge in [0.25, 0.3) is 0 Å². The van der Waals surface area contributed by atoms with Gasteiger partial charge in [0, 0.05) is 13.1 Å². The maximum atomic E-state index is 10.9. The molecule has 0 saturated heterocycles. The van der Waals surface area contributed by atoms with E-state index in [-0.39, 0.29) is 5.56 Å². The van der Waals surface area contributed by atoms with Gasteiger partial charge in [0.1, 0.15) is 0 Å². The number of hydrogen-bond acceptors (Lipinski definition) is 4. The average Bonchev–Trinajstić information content (AvgIpc) is 2.30. The van der Waals surface area contributed by atoms with E-state index < -0.39 is 5.97 Å². The van der Waals surface area contributed by atoms with Crippen molar-refractivity contribution in [3.63, 3.8) is 0 Å². The predicted molar refractivity (Wildman–Crippen MR) is 69.5 cm³/mol. The number of likely N-dealkylation sites (N-methyl/N-ethyl adjacent to an activating group) is 1. The maximum absolute atomic E-state index is 10.9. The molecule has 17 heavy (non-hydrogen) atoms. The van der Waals surface area contributed by atoms with Crippen molar-refractivity contribution in [3.8, 4) is 0 Å². The number of benzene rings is 1. The van der Waals surface area contributed by atoms with E-state index >= 15 is 0 Å². The SMILES string of the molecule is CCN(C)CCNc1cccc(C(=O)O)c1N. The molecule has 94 valence electrons. The molecule has 0 amide bonds. The average molecular weight is 237 g/mol. The van der Waals surface area contributed by atoms with Crippen LogP contribution in [0.25, 0.3) is 0 Å². The molecule has 0 aliphatic rings. The molecule has 5 nitrogen and oxygen atoms in total. The summed E-state index contributed by atoms with van der Waals surface area (Å²) in [6.07, 6.45) is 0. The van der Waals surface area contributed by atoms with Gasteiger partial charge in [-0.2, -0.15) is 0 Å². The van der Waals surface area contributed by atoms with Gasteiger partial charge in [-0.15, -0.1) is 0 Å². The normalized spacial score (nSPS) is 10.5. The third-order valence-corrected chi connectivity index (χ3v) is 2.69. The van der Waals surface area contributed by atoms with Gasteiger partial charge in [-0.1, -0.05) is 13.0 Å². The van der Waals surface area contributed by atoms with Crippen LogP contribution in [-0.4, -0.2) is 42.7 Å². The van der Waals surface area contributed by atoms with Crippen LogP contribution in [0.4, 0.5) is 11.4 Å². The van der Waals surface area contributed by atoms with E-state index in [1.165, 1.54) is 6.07 Å². The third-order valence-electron chi connectivity index (χ3n) is 2.69. The summed E-state index contributed by atoms with van der Waals surface area (Å²) >= 11 is 0. The van der Waals surface area contributed by atoms with Gasteiger partial charge in [-0.3, -0.25) is 0 Å². The van der Waals surface area contributed by atoms with Crippen molar-refractivity contribution >= 4 is 17.3 Å². The first-order chi connectivity index (χ1) is 8.06. The van der Waals surface area contributed by atoms with Gasteiger partial charge in [0.15, 0.2) is 0 Å². The van der Waals surface area contributed by atoms with E-state index in [9.17, 15) is 4.79 Å². The number of aromatic carboxylic acids is 1. The Bertz CT molecular complexity index is 393. The summed E-state index contributed by atoms with van der Waals surface area (Å²) in [5.41, 5.74) is 6.88. The molecule has 1 aromatic carbocycles. The Labute approximate surface area is 101 Å². The van der Waals surface area contributed by atoms with Crippen molar-refractivity contribution in [2.75, 3.05) is 37.7 Å². The van der Waals surface area contributed by atoms with Gasteiger partial charge in [-0.25, -0.2) is 4.79 Å². The molecule has 0 atom stereocenters. The molecule has 0 spiro atoms. The molecule has 0 unspecified atom stereocenters. The number of carboxylic acids is 1. The first-order valence-electron chi connectivity index (χ1n) is 5.60. The van der Waals surface area contributed by atoms with Crippen molar-refractivity contribution in [1.82, 2.24) is 4.90 Å². The van der Waals surface area contributed by atoms with Crippen molar-refractivity contribution in [1.29, 1.82) is 0 Å². The lowest BCUT2D eigenvalue weighted by molar-refractivity contribution is 0.0698. The van der Waals surface area contributed by atoms with E-state index in [0.717, 1.165) is 19.6 Å². The molecular formula is C12H19N3O2. The van der Waals surface area contributed by atoms with E-state index in [1.54, 1.807) is 12.1 Å². The van der Waals surface area contributed by atoms with Gasteiger partial charge in [0.05, 0.1) is 16.9 Å². The number of hydrogen-bond donors (Lipinski definition) is 3. The molecule has 0 radical (unpaired) electrons. The highest BCUT2D eigenvalue weighted by Crippen LogP contribution is 2.22. The number of nitrogens with zero attached hydrogens (tertiary/aromatic N) is 1. The Morgan fingerprint density at radius 3 is 2.82 bits per heavy atom. The summed E-state index contributed by atoms with van der Waals surface area (Å²) in [4.78, 5) is 13.0. The first-order valence-corrected chi connectivity index (χ1v) is 5.60. The van der Waals surface area contributed by atoms with E-state index in [2.05, 4.69) is 17.1 Å². The fraction of sp³-hybridized carbons (Fsp3) is 0.417. The summed E-state index contributed by atoms with van der Waals surface area (Å²) in [5, 5.41) is 12.1. The molecule has 0 aliphatic heterocycles. The lowest BCUT2D eigenvalue weighted by atomic mass is 10.1. The van der Waals surface area contributed by atoms with E-state index in [4.69, 9.17) is 10.8 Å². The lowest BCUT2D eigenvalue weighted by Crippen LogP contribution is -2.25. The summed E-state index contributed by atoms with van der Waals surface area (Å²) in [6.45, 7) is 4.68. The highest BCUT2D eigenvalue weighted by atomic mass is 16.4. The lowest BCUT2D eigenvalue weighted by Gasteiger charge is -2.16. The van der Waals surface area contributed by atoms with Crippen LogP contribution in [0.5, 0.6) is 0 Å². The Kier molecular flexibility index (Phi) is 4.78. The Morgan fingerprint density at radius 1 is 1.53 bits per heavy atom. The molecule has 0 fully saturated rings. The highest BCUT2D eigenvalue weighted by Gasteiger charge is 2.10. The molecule has 1 rings (SSSR count). The van der Waals surface area contributed by atoms with Crippen molar-refractivity contribution < 1.29 is 9.90 Å². The monoisotopic (exact) mass is 237 g/mol. The molecule has 4 N–H and O–H groups in total. The minimum Gasteiger partial charge on any atom is -0.478 e. The Morgan fingerprint density at radius 2 is 2.24 bits per heavy atom. The Hall–Kier alpha value is -1.75. The zero-order chi connectivity index (χ0) is 12.8. The number of anilines is 2. The zero-order valence-electron chi connectivity index (χ0n) is 10.2. The predicted octanol–water partition coefficient (Wildman–Crippen LogP) is 1.33. The molecule has 1 aromatic rings. The highest BCUT2D eigenvalue weighted by molar-refractivity contribution is 5.97. The fourth-order valence-electron chi connectivity index (χ4n) is 1.45. The molecular weight excluding hydrogens is 218 g/mol. The Balaban J connectivity index is 2.66. The van der Waals surface area contributed by atoms with E-state index in [1.807, 2.05) is 7.05 Å². The zero-order valence-corrected chi connectivity index (χ0v) is 10.2. The summed E-state index contributed by atoms with van der Waals surface area (Å²) < 4.78 is 0. The van der Waals surface area contributed by atoms with Gasteiger partial charge in [0.2, 0.25) is 0 Å². The van der Waals surface area contributed by atoms with Crippen molar-refractivity contribution in [2.24, 2.45) is 0 Å². The number of nitrogens with one attached hydrogen (secondary N) is 1. The number of rotatable bonds is 6. The van der Waals surface area contributed by atoms with Crippen LogP contribution in [0.1, 0.15) is 17.3 Å². The van der Waals surface area contributed by atoms with Crippen molar-refractivity contribution in [3.05, 3.63) is 23.8 Å². The quantitative estimate of drug-likeness (QED) is 0.650. The van der Waals surface area contributed by atoms with Crippen LogP contribution in [0.15, 0.2) is 18.2 Å². The number of nitrogens with two attached hydrogens (primary N) is 1. The third kappa shape index (κ3) is 3.64. The first kappa shape index (κ1) is 13.3. The molecule has 0 bridgehead atoms. The van der Waals surface area contributed by atoms with Crippen LogP contribution >= 0.6 is 0 Å². The van der Waals surface area contributed by atoms with Crippen LogP contribution in [0.3, 0.4) is 0 Å². The largest absolute Gasteiger partial charge is 0.478 e. The smallest absolute Gasteiger partial charge is 0.337 e. The molecule has 5 heteroatoms. The maximum Gasteiger partial charge on any atom is 0.337 e. The second-order valence-electron chi connectivity index (χ2n) is 3.89. The minimum atomic E-state index is -1.00. The molecule has 0 saturated carbocycles. The number of para-hydroxylation sites is 1. The number of carbonyl (C=O) groups is 1. The standard InChI is InChI=1S/C12H19N3O2/c1-3-15(2)8-7-14-10-6-4-5-9(11(10)13)12(16)17/h4-6,14H,3,7-8,13H2,1-2H3,(H,16,17). The summed E-state index contributed by atoms with van der Waals surface area (Å²) in [7, 11) is 2.03. The number of nitrogen functional groups attached to an aromatic ring is 1. The van der Waals surface area contributed by atoms with Crippen LogP contribution in [0.2, 0.25) is 0 Å². The topological polar surface area (TPSA) is 78.6 Å². The van der Waals surface area contributed by atoms with E-state index in [0.29, 0.717) is 11.4 Å². The fourth-order valence-corrected chi connectivity index (χ4v) is 1.45. The van der Waals surface area contributed by atoms with Gasteiger partial charge in [-0.05, 0) is 25.7 Å². The molecule has 0 aliphatic carbocycles. The van der Waals surface area contributed by atoms with Gasteiger partial charge >= 0.3 is 5.97 Å². The second kappa shape index (κ2) is 6.10. The van der Waals surface area contributed by atoms with Gasteiger partial charge < -0.3 is 21.1 Å². The second-order valence-corrected chi connectivity index (χ2v) is 3.89. The number of carboxylic acid groups (broad SMARTS) is 1. The van der Waals surface area contributed by atoms with Crippen LogP contribution < -0.4 is 11.1 Å². The molecule has 0 heterocycles. The van der Waals surface area contributed by atoms with Crippen LogP contribution in [-0.2, 0) is 0 Å².